The molecule has 0 saturated heterocycles. The maximum absolute atomic E-state index is 14.1. The van der Waals surface area contributed by atoms with Gasteiger partial charge in [-0.15, -0.1) is 0 Å². The molecule has 0 saturated carbocycles. The van der Waals surface area contributed by atoms with Gasteiger partial charge in [0.2, 0.25) is 0 Å². The lowest BCUT2D eigenvalue weighted by molar-refractivity contribution is -0.136. The van der Waals surface area contributed by atoms with Crippen LogP contribution in [0, 0.1) is 11.7 Å². The van der Waals surface area contributed by atoms with Crippen molar-refractivity contribution in [2.75, 3.05) is 11.9 Å². The van der Waals surface area contributed by atoms with Crippen LogP contribution in [-0.2, 0) is 9.59 Å². The third kappa shape index (κ3) is 4.28. The number of hydrogen-bond donors (Lipinski definition) is 2. The zero-order chi connectivity index (χ0) is 17.6. The van der Waals surface area contributed by atoms with Crippen LogP contribution in [0.25, 0.3) is 5.69 Å². The zero-order valence-electron chi connectivity index (χ0n) is 13.5. The Morgan fingerprint density at radius 3 is 2.84 bits per heavy atom. The van der Waals surface area contributed by atoms with Gasteiger partial charge >= 0.3 is 11.8 Å². The highest BCUT2D eigenvalue weighted by molar-refractivity contribution is 6.39. The van der Waals surface area contributed by atoms with E-state index >= 15 is 0 Å². The Morgan fingerprint density at radius 1 is 1.28 bits per heavy atom. The number of carbonyl (C=O) groups excluding carboxylic acids is 2. The molecular formula is C17H18FN5O2. The Bertz CT molecular complexity index is 788. The van der Waals surface area contributed by atoms with Gasteiger partial charge in [-0.25, -0.2) is 14.1 Å². The van der Waals surface area contributed by atoms with Crippen molar-refractivity contribution in [1.29, 1.82) is 0 Å². The van der Waals surface area contributed by atoms with E-state index < -0.39 is 17.6 Å². The minimum absolute atomic E-state index is 0.196. The standard InChI is InChI=1S/C17H18FN5O2/c18-14-8-13(6-7-15(14)23-11-19-10-21-23)22-17(25)16(24)20-9-12-4-2-1-3-5-12/h1-2,6-8,10-12H,3-5,9H2,(H,20,24)(H,22,25)/t12-/m1/s1. The highest BCUT2D eigenvalue weighted by Gasteiger charge is 2.17. The molecule has 3 rings (SSSR count). The predicted octanol–water partition coefficient (Wildman–Crippen LogP) is 1.82. The summed E-state index contributed by atoms with van der Waals surface area (Å²) in [4.78, 5) is 27.5. The molecule has 0 radical (unpaired) electrons. The summed E-state index contributed by atoms with van der Waals surface area (Å²) in [6.45, 7) is 0.455. The summed E-state index contributed by atoms with van der Waals surface area (Å²) >= 11 is 0. The molecule has 2 N–H and O–H groups in total. The number of amides is 2. The molecule has 2 amide bonds. The molecule has 1 aliphatic rings. The van der Waals surface area contributed by atoms with Crippen molar-refractivity contribution in [2.24, 2.45) is 5.92 Å². The van der Waals surface area contributed by atoms with Gasteiger partial charge in [-0.2, -0.15) is 5.10 Å². The molecule has 0 fully saturated rings. The van der Waals surface area contributed by atoms with Gasteiger partial charge in [0.05, 0.1) is 0 Å². The molecule has 0 unspecified atom stereocenters. The van der Waals surface area contributed by atoms with Gasteiger partial charge in [-0.1, -0.05) is 12.2 Å². The van der Waals surface area contributed by atoms with Crippen molar-refractivity contribution in [3.8, 4) is 5.69 Å². The topological polar surface area (TPSA) is 88.9 Å². The smallest absolute Gasteiger partial charge is 0.313 e. The first-order valence-corrected chi connectivity index (χ1v) is 8.02. The average molecular weight is 343 g/mol. The number of allylic oxidation sites excluding steroid dienone is 2. The van der Waals surface area contributed by atoms with Crippen LogP contribution >= 0.6 is 0 Å². The second kappa shape index (κ2) is 7.69. The van der Waals surface area contributed by atoms with Gasteiger partial charge in [0.1, 0.15) is 18.3 Å². The number of hydrogen-bond acceptors (Lipinski definition) is 4. The second-order valence-corrected chi connectivity index (χ2v) is 5.82. The Morgan fingerprint density at radius 2 is 2.16 bits per heavy atom. The van der Waals surface area contributed by atoms with Crippen LogP contribution in [-0.4, -0.2) is 33.1 Å². The van der Waals surface area contributed by atoms with Gasteiger partial charge in [-0.05, 0) is 43.4 Å². The van der Waals surface area contributed by atoms with E-state index in [9.17, 15) is 14.0 Å². The highest BCUT2D eigenvalue weighted by Crippen LogP contribution is 2.18. The predicted molar refractivity (Wildman–Crippen MR) is 89.4 cm³/mol. The highest BCUT2D eigenvalue weighted by atomic mass is 19.1. The van der Waals surface area contributed by atoms with Crippen LogP contribution < -0.4 is 10.6 Å². The van der Waals surface area contributed by atoms with E-state index in [4.69, 9.17) is 0 Å². The van der Waals surface area contributed by atoms with Crippen LogP contribution in [0.2, 0.25) is 0 Å². The number of anilines is 1. The Labute approximate surface area is 143 Å². The third-order valence-corrected chi connectivity index (χ3v) is 4.01. The Kier molecular flexibility index (Phi) is 5.17. The van der Waals surface area contributed by atoms with Gasteiger partial charge in [-0.3, -0.25) is 9.59 Å². The fourth-order valence-corrected chi connectivity index (χ4v) is 2.65. The molecule has 130 valence electrons. The van der Waals surface area contributed by atoms with Crippen LogP contribution in [0.3, 0.4) is 0 Å². The minimum Gasteiger partial charge on any atom is -0.348 e. The Balaban J connectivity index is 1.56. The summed E-state index contributed by atoms with van der Waals surface area (Å²) < 4.78 is 15.4. The first-order valence-electron chi connectivity index (χ1n) is 8.02. The molecule has 25 heavy (non-hydrogen) atoms. The average Bonchev–Trinajstić information content (AvgIpc) is 3.15. The monoisotopic (exact) mass is 343 g/mol. The number of carbonyl (C=O) groups is 2. The van der Waals surface area contributed by atoms with Crippen molar-refractivity contribution in [2.45, 2.75) is 19.3 Å². The summed E-state index contributed by atoms with van der Waals surface area (Å²) in [5.74, 6) is -1.78. The third-order valence-electron chi connectivity index (χ3n) is 4.01. The second-order valence-electron chi connectivity index (χ2n) is 5.82. The maximum Gasteiger partial charge on any atom is 0.313 e. The molecule has 1 aliphatic carbocycles. The van der Waals surface area contributed by atoms with E-state index in [1.165, 1.54) is 29.5 Å². The molecule has 1 aromatic carbocycles. The van der Waals surface area contributed by atoms with E-state index in [0.29, 0.717) is 12.5 Å². The normalized spacial score (nSPS) is 16.4. The molecule has 1 aromatic heterocycles. The molecule has 8 heteroatoms. The number of nitrogens with one attached hydrogen (secondary N) is 2. The molecule has 0 aliphatic heterocycles. The SMILES string of the molecule is O=C(NC[C@@H]1CC=CCC1)C(=O)Nc1ccc(-n2cncn2)c(F)c1. The van der Waals surface area contributed by atoms with Gasteiger partial charge in [0, 0.05) is 12.2 Å². The molecule has 0 bridgehead atoms. The van der Waals surface area contributed by atoms with Crippen molar-refractivity contribution < 1.29 is 14.0 Å². The van der Waals surface area contributed by atoms with Gasteiger partial charge < -0.3 is 10.6 Å². The summed E-state index contributed by atoms with van der Waals surface area (Å²) in [5.41, 5.74) is 0.396. The first kappa shape index (κ1) is 16.8. The van der Waals surface area contributed by atoms with Crippen LogP contribution in [0.4, 0.5) is 10.1 Å². The molecular weight excluding hydrogens is 325 g/mol. The lowest BCUT2D eigenvalue weighted by Gasteiger charge is -2.17. The number of nitrogens with zero attached hydrogens (tertiary/aromatic N) is 3. The van der Waals surface area contributed by atoms with E-state index in [2.05, 4.69) is 32.9 Å². The lowest BCUT2D eigenvalue weighted by atomic mass is 9.94. The van der Waals surface area contributed by atoms with Gasteiger partial charge in [0.25, 0.3) is 0 Å². The Hall–Kier alpha value is -3.03. The molecule has 1 heterocycles. The largest absolute Gasteiger partial charge is 0.348 e. The quantitative estimate of drug-likeness (QED) is 0.655. The number of benzene rings is 1. The summed E-state index contributed by atoms with van der Waals surface area (Å²) in [6, 6.07) is 4.08. The number of halogens is 1. The lowest BCUT2D eigenvalue weighted by Crippen LogP contribution is -2.38. The molecule has 7 nitrogen and oxygen atoms in total. The van der Waals surface area contributed by atoms with E-state index in [-0.39, 0.29) is 11.4 Å². The maximum atomic E-state index is 14.1. The molecule has 2 aromatic rings. The van der Waals surface area contributed by atoms with E-state index in [1.807, 2.05) is 0 Å². The van der Waals surface area contributed by atoms with Crippen molar-refractivity contribution in [3.63, 3.8) is 0 Å². The van der Waals surface area contributed by atoms with E-state index in [1.54, 1.807) is 0 Å². The van der Waals surface area contributed by atoms with E-state index in [0.717, 1.165) is 25.3 Å². The van der Waals surface area contributed by atoms with Crippen molar-refractivity contribution >= 4 is 17.5 Å². The molecule has 1 atom stereocenters. The molecule has 0 spiro atoms. The first-order chi connectivity index (χ1) is 12.1. The fourth-order valence-electron chi connectivity index (χ4n) is 2.65. The fraction of sp³-hybridized carbons (Fsp3) is 0.294. The summed E-state index contributed by atoms with van der Waals surface area (Å²) in [5, 5.41) is 8.86. The minimum atomic E-state index is -0.820. The van der Waals surface area contributed by atoms with Gasteiger partial charge in [0.15, 0.2) is 5.82 Å². The van der Waals surface area contributed by atoms with Crippen molar-refractivity contribution in [3.05, 3.63) is 48.8 Å². The summed E-state index contributed by atoms with van der Waals surface area (Å²) in [6.07, 6.45) is 9.74. The number of aromatic nitrogens is 3. The van der Waals surface area contributed by atoms with Crippen molar-refractivity contribution in [1.82, 2.24) is 20.1 Å². The van der Waals surface area contributed by atoms with Crippen LogP contribution in [0.5, 0.6) is 0 Å². The number of rotatable bonds is 4. The summed E-state index contributed by atoms with van der Waals surface area (Å²) in [7, 11) is 0. The van der Waals surface area contributed by atoms with Crippen LogP contribution in [0.1, 0.15) is 19.3 Å². The van der Waals surface area contributed by atoms with Crippen LogP contribution in [0.15, 0.2) is 43.0 Å². The zero-order valence-corrected chi connectivity index (χ0v) is 13.5.